The predicted octanol–water partition coefficient (Wildman–Crippen LogP) is 1.16. The summed E-state index contributed by atoms with van der Waals surface area (Å²) in [4.78, 5) is 11.5. The molecule has 4 nitrogen and oxygen atoms in total. The van der Waals surface area contributed by atoms with Gasteiger partial charge in [-0.25, -0.2) is 0 Å². The second kappa shape index (κ2) is 5.19. The van der Waals surface area contributed by atoms with Crippen molar-refractivity contribution in [2.24, 2.45) is 0 Å². The molecule has 1 atom stereocenters. The van der Waals surface area contributed by atoms with Gasteiger partial charge in [0.1, 0.15) is 6.54 Å². The van der Waals surface area contributed by atoms with Crippen LogP contribution in [0.2, 0.25) is 0 Å². The van der Waals surface area contributed by atoms with Crippen molar-refractivity contribution in [3.05, 3.63) is 36.2 Å². The molecule has 1 heterocycles. The largest absolute Gasteiger partial charge is 0.388 e. The molecule has 0 aromatic carbocycles. The monoisotopic (exact) mass is 234 g/mol. The van der Waals surface area contributed by atoms with Crippen molar-refractivity contribution >= 4 is 5.91 Å². The van der Waals surface area contributed by atoms with Gasteiger partial charge in [0.25, 0.3) is 0 Å². The summed E-state index contributed by atoms with van der Waals surface area (Å²) in [5, 5.41) is 12.6. The van der Waals surface area contributed by atoms with E-state index >= 15 is 0 Å². The fourth-order valence-electron chi connectivity index (χ4n) is 2.22. The molecule has 0 fully saturated rings. The van der Waals surface area contributed by atoms with Crippen LogP contribution in [0.25, 0.3) is 0 Å². The molecule has 2 rings (SSSR count). The predicted molar refractivity (Wildman–Crippen MR) is 65.5 cm³/mol. The highest BCUT2D eigenvalue weighted by Gasteiger charge is 2.20. The molecule has 2 N–H and O–H groups in total. The molecule has 4 heteroatoms. The molecule has 0 saturated heterocycles. The van der Waals surface area contributed by atoms with Crippen LogP contribution in [-0.4, -0.2) is 22.1 Å². The number of carbonyl (C=O) groups is 1. The van der Waals surface area contributed by atoms with Crippen molar-refractivity contribution in [2.75, 3.05) is 6.54 Å². The van der Waals surface area contributed by atoms with Gasteiger partial charge in [-0.15, -0.1) is 6.58 Å². The number of aryl methyl sites for hydroxylation is 1. The van der Waals surface area contributed by atoms with Crippen LogP contribution in [0.3, 0.4) is 0 Å². The molecular formula is C13H18N2O2. The molecular weight excluding hydrogens is 216 g/mol. The fraction of sp³-hybridized carbons (Fsp3) is 0.462. The van der Waals surface area contributed by atoms with Gasteiger partial charge in [0.2, 0.25) is 5.91 Å². The zero-order valence-electron chi connectivity index (χ0n) is 9.85. The minimum atomic E-state index is -0.365. The second-order valence-corrected chi connectivity index (χ2v) is 4.41. The summed E-state index contributed by atoms with van der Waals surface area (Å²) in [6.07, 6.45) is 7.96. The standard InChI is InChI=1S/C13H18N2O2/c1-2-6-14-13(17)9-15-7-10-4-3-5-12(16)11(10)8-15/h2,7-8,12,16H,1,3-6,9H2,(H,14,17). The molecule has 0 saturated carbocycles. The van der Waals surface area contributed by atoms with E-state index in [2.05, 4.69) is 11.9 Å². The van der Waals surface area contributed by atoms with Crippen molar-refractivity contribution in [3.63, 3.8) is 0 Å². The maximum atomic E-state index is 11.5. The minimum absolute atomic E-state index is 0.0354. The minimum Gasteiger partial charge on any atom is -0.388 e. The smallest absolute Gasteiger partial charge is 0.240 e. The van der Waals surface area contributed by atoms with Crippen LogP contribution in [0.4, 0.5) is 0 Å². The van der Waals surface area contributed by atoms with Crippen LogP contribution in [0.1, 0.15) is 30.1 Å². The van der Waals surface area contributed by atoms with Gasteiger partial charge in [0.05, 0.1) is 6.10 Å². The van der Waals surface area contributed by atoms with E-state index < -0.39 is 0 Å². The molecule has 1 aliphatic carbocycles. The number of hydrogen-bond acceptors (Lipinski definition) is 2. The first-order valence-electron chi connectivity index (χ1n) is 5.95. The first kappa shape index (κ1) is 11.9. The third-order valence-electron chi connectivity index (χ3n) is 3.05. The number of hydrogen-bond donors (Lipinski definition) is 2. The number of aliphatic hydroxyl groups is 1. The number of nitrogens with one attached hydrogen (secondary N) is 1. The Morgan fingerprint density at radius 3 is 3.18 bits per heavy atom. The van der Waals surface area contributed by atoms with Gasteiger partial charge in [-0.05, 0) is 24.8 Å². The Labute approximate surface area is 101 Å². The third kappa shape index (κ3) is 2.77. The zero-order chi connectivity index (χ0) is 12.3. The summed E-state index contributed by atoms with van der Waals surface area (Å²) in [7, 11) is 0. The summed E-state index contributed by atoms with van der Waals surface area (Å²) in [5.74, 6) is -0.0354. The van der Waals surface area contributed by atoms with Gasteiger partial charge >= 0.3 is 0 Å². The van der Waals surface area contributed by atoms with E-state index in [-0.39, 0.29) is 12.0 Å². The molecule has 0 bridgehead atoms. The van der Waals surface area contributed by atoms with Gasteiger partial charge < -0.3 is 15.0 Å². The molecule has 1 aromatic heterocycles. The van der Waals surface area contributed by atoms with E-state index in [1.165, 1.54) is 5.56 Å². The Kier molecular flexibility index (Phi) is 3.64. The van der Waals surface area contributed by atoms with E-state index in [0.717, 1.165) is 24.8 Å². The van der Waals surface area contributed by atoms with Crippen LogP contribution < -0.4 is 5.32 Å². The average molecular weight is 234 g/mol. The van der Waals surface area contributed by atoms with Crippen LogP contribution in [0.15, 0.2) is 25.0 Å². The van der Waals surface area contributed by atoms with E-state index in [1.807, 2.05) is 17.0 Å². The Bertz CT molecular complexity index is 423. The first-order chi connectivity index (χ1) is 8.20. The number of fused-ring (bicyclic) bond motifs is 1. The summed E-state index contributed by atoms with van der Waals surface area (Å²) >= 11 is 0. The van der Waals surface area contributed by atoms with Crippen molar-refractivity contribution < 1.29 is 9.90 Å². The lowest BCUT2D eigenvalue weighted by molar-refractivity contribution is -0.121. The highest BCUT2D eigenvalue weighted by atomic mass is 16.3. The van der Waals surface area contributed by atoms with Crippen molar-refractivity contribution in [3.8, 4) is 0 Å². The lowest BCUT2D eigenvalue weighted by Gasteiger charge is -2.16. The van der Waals surface area contributed by atoms with Crippen LogP contribution in [-0.2, 0) is 17.8 Å². The topological polar surface area (TPSA) is 54.3 Å². The second-order valence-electron chi connectivity index (χ2n) is 4.41. The molecule has 1 unspecified atom stereocenters. The Hall–Kier alpha value is -1.55. The number of aliphatic hydroxyl groups excluding tert-OH is 1. The van der Waals surface area contributed by atoms with Gasteiger partial charge in [0, 0.05) is 24.5 Å². The average Bonchev–Trinajstić information content (AvgIpc) is 2.70. The highest BCUT2D eigenvalue weighted by molar-refractivity contribution is 5.75. The van der Waals surface area contributed by atoms with Crippen molar-refractivity contribution in [2.45, 2.75) is 31.9 Å². The maximum absolute atomic E-state index is 11.5. The maximum Gasteiger partial charge on any atom is 0.240 e. The third-order valence-corrected chi connectivity index (χ3v) is 3.05. The number of carbonyl (C=O) groups excluding carboxylic acids is 1. The zero-order valence-corrected chi connectivity index (χ0v) is 9.85. The summed E-state index contributed by atoms with van der Waals surface area (Å²) in [5.41, 5.74) is 2.15. The molecule has 1 amide bonds. The normalized spacial score (nSPS) is 18.5. The van der Waals surface area contributed by atoms with Crippen molar-refractivity contribution in [1.82, 2.24) is 9.88 Å². The summed E-state index contributed by atoms with van der Waals surface area (Å²) < 4.78 is 1.84. The number of nitrogens with zero attached hydrogens (tertiary/aromatic N) is 1. The van der Waals surface area contributed by atoms with Gasteiger partial charge in [0.15, 0.2) is 0 Å². The summed E-state index contributed by atoms with van der Waals surface area (Å²) in [6.45, 7) is 4.34. The Balaban J connectivity index is 2.02. The van der Waals surface area contributed by atoms with Gasteiger partial charge in [-0.3, -0.25) is 4.79 Å². The molecule has 1 aliphatic rings. The Morgan fingerprint density at radius 1 is 1.65 bits per heavy atom. The van der Waals surface area contributed by atoms with E-state index in [9.17, 15) is 9.90 Å². The molecule has 1 aromatic rings. The van der Waals surface area contributed by atoms with Gasteiger partial charge in [-0.1, -0.05) is 6.08 Å². The van der Waals surface area contributed by atoms with E-state index in [4.69, 9.17) is 0 Å². The quantitative estimate of drug-likeness (QED) is 0.768. The Morgan fingerprint density at radius 2 is 2.47 bits per heavy atom. The molecule has 17 heavy (non-hydrogen) atoms. The molecule has 92 valence electrons. The summed E-state index contributed by atoms with van der Waals surface area (Å²) in [6, 6.07) is 0. The number of aromatic nitrogens is 1. The van der Waals surface area contributed by atoms with E-state index in [1.54, 1.807) is 6.08 Å². The van der Waals surface area contributed by atoms with Crippen LogP contribution >= 0.6 is 0 Å². The first-order valence-corrected chi connectivity index (χ1v) is 5.95. The molecule has 0 radical (unpaired) electrons. The van der Waals surface area contributed by atoms with Crippen molar-refractivity contribution in [1.29, 1.82) is 0 Å². The molecule has 0 spiro atoms. The lowest BCUT2D eigenvalue weighted by atomic mass is 9.93. The van der Waals surface area contributed by atoms with E-state index in [0.29, 0.717) is 13.1 Å². The van der Waals surface area contributed by atoms with Crippen LogP contribution in [0, 0.1) is 0 Å². The molecule has 0 aliphatic heterocycles. The van der Waals surface area contributed by atoms with Gasteiger partial charge in [-0.2, -0.15) is 0 Å². The number of rotatable bonds is 4. The SMILES string of the molecule is C=CCNC(=O)Cn1cc2c(c1)C(O)CCC2. The number of amides is 1. The highest BCUT2D eigenvalue weighted by Crippen LogP contribution is 2.29. The lowest BCUT2D eigenvalue weighted by Crippen LogP contribution is -2.27. The van der Waals surface area contributed by atoms with Crippen LogP contribution in [0.5, 0.6) is 0 Å². The fourth-order valence-corrected chi connectivity index (χ4v) is 2.22.